The summed E-state index contributed by atoms with van der Waals surface area (Å²) in [4.78, 5) is 39.8. The standard InChI is InChI=1S/C26H20N2O4/c1-2-26-19-12-5-3-10-17(19)21(18-11-4-6-13-20(18)26)22-23(26)25(30)27(24(22)29)15-8-7-9-16(14-15)28(31)32/h3-14,21-23H,2H2,1H3/t21?,22-,23-,26?/m1/s1. The third-order valence-electron chi connectivity index (χ3n) is 7.65. The first-order valence-corrected chi connectivity index (χ1v) is 10.8. The molecule has 4 aliphatic rings. The molecule has 32 heavy (non-hydrogen) atoms. The van der Waals surface area contributed by atoms with Crippen LogP contribution in [0.15, 0.2) is 72.8 Å². The maximum Gasteiger partial charge on any atom is 0.271 e. The average molecular weight is 424 g/mol. The number of hydrogen-bond acceptors (Lipinski definition) is 4. The predicted octanol–water partition coefficient (Wildman–Crippen LogP) is 4.56. The number of imide groups is 1. The van der Waals surface area contributed by atoms with Crippen LogP contribution in [-0.2, 0) is 15.0 Å². The highest BCUT2D eigenvalue weighted by atomic mass is 16.6. The highest BCUT2D eigenvalue weighted by molar-refractivity contribution is 6.23. The van der Waals surface area contributed by atoms with Gasteiger partial charge in [-0.3, -0.25) is 19.7 Å². The molecule has 3 aliphatic carbocycles. The van der Waals surface area contributed by atoms with Crippen LogP contribution >= 0.6 is 0 Å². The molecule has 1 heterocycles. The Morgan fingerprint density at radius 1 is 0.906 bits per heavy atom. The lowest BCUT2D eigenvalue weighted by atomic mass is 9.46. The number of rotatable bonds is 3. The Kier molecular flexibility index (Phi) is 3.76. The molecular weight excluding hydrogens is 404 g/mol. The fourth-order valence-electron chi connectivity index (χ4n) is 6.53. The van der Waals surface area contributed by atoms with Gasteiger partial charge < -0.3 is 0 Å². The maximum absolute atomic E-state index is 13.9. The summed E-state index contributed by atoms with van der Waals surface area (Å²) in [7, 11) is 0. The molecule has 2 atom stereocenters. The van der Waals surface area contributed by atoms with Crippen molar-refractivity contribution in [2.75, 3.05) is 4.90 Å². The number of carbonyl (C=O) groups is 2. The van der Waals surface area contributed by atoms with Crippen LogP contribution in [0.2, 0.25) is 0 Å². The third kappa shape index (κ3) is 2.09. The second-order valence-electron chi connectivity index (χ2n) is 8.77. The second-order valence-corrected chi connectivity index (χ2v) is 8.77. The molecule has 7 rings (SSSR count). The van der Waals surface area contributed by atoms with Crippen molar-refractivity contribution in [2.24, 2.45) is 11.8 Å². The van der Waals surface area contributed by atoms with Crippen molar-refractivity contribution in [2.45, 2.75) is 24.7 Å². The first-order chi connectivity index (χ1) is 15.5. The van der Waals surface area contributed by atoms with Gasteiger partial charge in [-0.1, -0.05) is 61.5 Å². The number of non-ortho nitro benzene ring substituents is 1. The molecule has 2 amide bonds. The summed E-state index contributed by atoms with van der Waals surface area (Å²) >= 11 is 0. The van der Waals surface area contributed by atoms with Gasteiger partial charge in [0, 0.05) is 23.5 Å². The molecule has 1 saturated heterocycles. The molecule has 1 fully saturated rings. The zero-order valence-electron chi connectivity index (χ0n) is 17.4. The Hall–Kier alpha value is -3.80. The predicted molar refractivity (Wildman–Crippen MR) is 118 cm³/mol. The number of nitro groups is 1. The van der Waals surface area contributed by atoms with Crippen molar-refractivity contribution in [1.82, 2.24) is 0 Å². The number of carbonyl (C=O) groups excluding carboxylic acids is 2. The fourth-order valence-corrected chi connectivity index (χ4v) is 6.53. The van der Waals surface area contributed by atoms with E-state index < -0.39 is 22.2 Å². The average Bonchev–Trinajstić information content (AvgIpc) is 3.10. The van der Waals surface area contributed by atoms with Gasteiger partial charge in [-0.2, -0.15) is 0 Å². The van der Waals surface area contributed by atoms with Crippen LogP contribution in [0.3, 0.4) is 0 Å². The minimum atomic E-state index is -0.602. The number of benzene rings is 3. The van der Waals surface area contributed by atoms with Gasteiger partial charge in [0.05, 0.1) is 22.4 Å². The first-order valence-electron chi connectivity index (χ1n) is 10.8. The molecule has 3 aromatic rings. The van der Waals surface area contributed by atoms with E-state index in [4.69, 9.17) is 0 Å². The topological polar surface area (TPSA) is 80.5 Å². The number of anilines is 1. The normalized spacial score (nSPS) is 27.2. The first kappa shape index (κ1) is 18.9. The van der Waals surface area contributed by atoms with Crippen molar-refractivity contribution < 1.29 is 14.5 Å². The number of nitrogens with zero attached hydrogens (tertiary/aromatic N) is 2. The molecule has 0 saturated carbocycles. The van der Waals surface area contributed by atoms with Crippen molar-refractivity contribution in [1.29, 1.82) is 0 Å². The Bertz CT molecular complexity index is 1280. The molecular formula is C26H20N2O4. The van der Waals surface area contributed by atoms with E-state index >= 15 is 0 Å². The van der Waals surface area contributed by atoms with Crippen molar-refractivity contribution >= 4 is 23.2 Å². The van der Waals surface area contributed by atoms with Gasteiger partial charge in [0.2, 0.25) is 11.8 Å². The summed E-state index contributed by atoms with van der Waals surface area (Å²) < 4.78 is 0. The molecule has 3 aromatic carbocycles. The Morgan fingerprint density at radius 2 is 1.53 bits per heavy atom. The van der Waals surface area contributed by atoms with Crippen LogP contribution in [-0.4, -0.2) is 16.7 Å². The van der Waals surface area contributed by atoms with Gasteiger partial charge in [-0.15, -0.1) is 0 Å². The molecule has 158 valence electrons. The van der Waals surface area contributed by atoms with Gasteiger partial charge in [-0.25, -0.2) is 4.90 Å². The fraction of sp³-hybridized carbons (Fsp3) is 0.231. The minimum Gasteiger partial charge on any atom is -0.274 e. The van der Waals surface area contributed by atoms with E-state index in [1.54, 1.807) is 6.07 Å². The smallest absolute Gasteiger partial charge is 0.271 e. The molecule has 6 heteroatoms. The zero-order chi connectivity index (χ0) is 22.2. The van der Waals surface area contributed by atoms with Crippen LogP contribution in [0.25, 0.3) is 0 Å². The summed E-state index contributed by atoms with van der Waals surface area (Å²) in [5.74, 6) is -1.80. The molecule has 1 aliphatic heterocycles. The molecule has 0 radical (unpaired) electrons. The zero-order valence-corrected chi connectivity index (χ0v) is 17.4. The van der Waals surface area contributed by atoms with E-state index in [9.17, 15) is 19.7 Å². The van der Waals surface area contributed by atoms with Gasteiger partial charge in [0.1, 0.15) is 0 Å². The quantitative estimate of drug-likeness (QED) is 0.351. The molecule has 0 aromatic heterocycles. The van der Waals surface area contributed by atoms with Crippen LogP contribution in [0.4, 0.5) is 11.4 Å². The SMILES string of the molecule is CCC12c3ccccc3C(c3ccccc31)[C@H]1C(=O)N(c3cccc([N+](=O)[O-])c3)C(=O)[C@@H]12. The third-order valence-corrected chi connectivity index (χ3v) is 7.65. The Labute approximate surface area is 184 Å². The lowest BCUT2D eigenvalue weighted by Gasteiger charge is -2.54. The largest absolute Gasteiger partial charge is 0.274 e. The monoisotopic (exact) mass is 424 g/mol. The van der Waals surface area contributed by atoms with Crippen molar-refractivity contribution in [3.63, 3.8) is 0 Å². The van der Waals surface area contributed by atoms with Crippen molar-refractivity contribution in [3.05, 3.63) is 105 Å². The van der Waals surface area contributed by atoms with Gasteiger partial charge in [-0.05, 0) is 34.7 Å². The summed E-state index contributed by atoms with van der Waals surface area (Å²) in [6, 6.07) is 22.1. The Balaban J connectivity index is 1.61. The van der Waals surface area contributed by atoms with E-state index in [1.807, 2.05) is 24.3 Å². The molecule has 6 nitrogen and oxygen atoms in total. The highest BCUT2D eigenvalue weighted by Crippen LogP contribution is 2.65. The summed E-state index contributed by atoms with van der Waals surface area (Å²) in [6.07, 6.45) is 0.677. The van der Waals surface area contributed by atoms with Crippen LogP contribution in [0.5, 0.6) is 0 Å². The lowest BCUT2D eigenvalue weighted by Crippen LogP contribution is -2.53. The van der Waals surface area contributed by atoms with E-state index in [1.165, 1.54) is 23.1 Å². The van der Waals surface area contributed by atoms with E-state index in [0.29, 0.717) is 6.42 Å². The van der Waals surface area contributed by atoms with Gasteiger partial charge in [0.15, 0.2) is 0 Å². The lowest BCUT2D eigenvalue weighted by molar-refractivity contribution is -0.384. The second kappa shape index (κ2) is 6.36. The van der Waals surface area contributed by atoms with E-state index in [0.717, 1.165) is 22.3 Å². The van der Waals surface area contributed by atoms with Gasteiger partial charge in [0.25, 0.3) is 5.69 Å². The number of amides is 2. The molecule has 2 bridgehead atoms. The minimum absolute atomic E-state index is 0.141. The van der Waals surface area contributed by atoms with Crippen LogP contribution in [0, 0.1) is 22.0 Å². The van der Waals surface area contributed by atoms with E-state index in [-0.39, 0.29) is 29.1 Å². The molecule has 0 spiro atoms. The summed E-state index contributed by atoms with van der Waals surface area (Å²) in [6.45, 7) is 2.07. The van der Waals surface area contributed by atoms with E-state index in [2.05, 4.69) is 31.2 Å². The van der Waals surface area contributed by atoms with Crippen LogP contribution < -0.4 is 4.90 Å². The van der Waals surface area contributed by atoms with Crippen LogP contribution in [0.1, 0.15) is 41.5 Å². The van der Waals surface area contributed by atoms with Gasteiger partial charge >= 0.3 is 0 Å². The maximum atomic E-state index is 13.9. The molecule has 0 N–H and O–H groups in total. The number of hydrogen-bond donors (Lipinski definition) is 0. The summed E-state index contributed by atoms with van der Waals surface area (Å²) in [5, 5.41) is 11.3. The molecule has 0 unspecified atom stereocenters. The summed E-state index contributed by atoms with van der Waals surface area (Å²) in [5.41, 5.74) is 3.98. The van der Waals surface area contributed by atoms with Crippen molar-refractivity contribution in [3.8, 4) is 0 Å². The number of nitro benzene ring substituents is 1. The Morgan fingerprint density at radius 3 is 2.12 bits per heavy atom. The highest BCUT2D eigenvalue weighted by Gasteiger charge is 2.67.